The molecule has 37 heavy (non-hydrogen) atoms. The smallest absolute Gasteiger partial charge is 0.295 e. The molecule has 1 aromatic carbocycles. The molecule has 10 heteroatoms. The topological polar surface area (TPSA) is 113 Å². The molecule has 6 rings (SSSR count). The van der Waals surface area contributed by atoms with Crippen LogP contribution in [0.15, 0.2) is 55.0 Å². The molecular formula is C27H26N6O4. The fourth-order valence-corrected chi connectivity index (χ4v) is 5.18. The number of amides is 2. The van der Waals surface area contributed by atoms with Crippen molar-refractivity contribution in [2.45, 2.75) is 25.3 Å². The lowest BCUT2D eigenvalue weighted by Gasteiger charge is -2.42. The number of piperazine rings is 1. The zero-order chi connectivity index (χ0) is 25.7. The van der Waals surface area contributed by atoms with E-state index in [0.29, 0.717) is 47.7 Å². The fraction of sp³-hybridized carbons (Fsp3) is 0.296. The van der Waals surface area contributed by atoms with Gasteiger partial charge in [-0.15, -0.1) is 0 Å². The number of ketones is 1. The lowest BCUT2D eigenvalue weighted by atomic mass is 10.0. The van der Waals surface area contributed by atoms with E-state index in [0.717, 1.165) is 18.5 Å². The van der Waals surface area contributed by atoms with Crippen LogP contribution in [0.3, 0.4) is 0 Å². The van der Waals surface area contributed by atoms with Crippen molar-refractivity contribution in [2.24, 2.45) is 0 Å². The van der Waals surface area contributed by atoms with Gasteiger partial charge in [-0.05, 0) is 38.0 Å². The van der Waals surface area contributed by atoms with E-state index >= 15 is 0 Å². The van der Waals surface area contributed by atoms with Crippen molar-refractivity contribution in [3.8, 4) is 11.6 Å². The maximum atomic E-state index is 13.5. The molecule has 1 saturated heterocycles. The average molecular weight is 499 g/mol. The van der Waals surface area contributed by atoms with E-state index in [1.807, 2.05) is 36.1 Å². The highest BCUT2D eigenvalue weighted by molar-refractivity contribution is 6.45. The Morgan fingerprint density at radius 3 is 2.54 bits per heavy atom. The second-order valence-corrected chi connectivity index (χ2v) is 9.61. The highest BCUT2D eigenvalue weighted by Crippen LogP contribution is 2.45. The molecular weight excluding hydrogens is 472 g/mol. The zero-order valence-corrected chi connectivity index (χ0v) is 20.6. The van der Waals surface area contributed by atoms with Crippen molar-refractivity contribution in [2.75, 3.05) is 26.7 Å². The first-order valence-corrected chi connectivity index (χ1v) is 12.2. The van der Waals surface area contributed by atoms with Gasteiger partial charge in [-0.3, -0.25) is 14.4 Å². The number of H-pyrrole nitrogens is 1. The summed E-state index contributed by atoms with van der Waals surface area (Å²) in [6, 6.07) is 11.0. The Labute approximate surface area is 212 Å². The molecule has 0 atom stereocenters. The van der Waals surface area contributed by atoms with Gasteiger partial charge in [0.1, 0.15) is 5.75 Å². The van der Waals surface area contributed by atoms with E-state index in [1.165, 1.54) is 19.5 Å². The third-order valence-corrected chi connectivity index (χ3v) is 7.28. The summed E-state index contributed by atoms with van der Waals surface area (Å²) in [6.45, 7) is 2.90. The molecule has 0 radical (unpaired) electrons. The van der Waals surface area contributed by atoms with Gasteiger partial charge in [-0.1, -0.05) is 18.2 Å². The number of hydrogen-bond acceptors (Lipinski definition) is 6. The van der Waals surface area contributed by atoms with Crippen molar-refractivity contribution < 1.29 is 19.1 Å². The fourth-order valence-electron chi connectivity index (χ4n) is 5.18. The molecule has 0 bridgehead atoms. The van der Waals surface area contributed by atoms with Crippen LogP contribution in [-0.2, 0) is 4.79 Å². The second-order valence-electron chi connectivity index (χ2n) is 9.61. The average Bonchev–Trinajstić information content (AvgIpc) is 3.32. The van der Waals surface area contributed by atoms with E-state index in [1.54, 1.807) is 27.9 Å². The van der Waals surface area contributed by atoms with Crippen molar-refractivity contribution >= 4 is 28.5 Å². The SMILES string of the molecule is COc1cnc(-n2ccc(C)n2)c2[nH]cc(C(=O)C(=O)N3CCN(C(=O)c4ccccc4)C4(CC4)C3)c12. The summed E-state index contributed by atoms with van der Waals surface area (Å²) in [5, 5.41) is 4.90. The van der Waals surface area contributed by atoms with Gasteiger partial charge in [0.25, 0.3) is 17.6 Å². The Morgan fingerprint density at radius 2 is 1.86 bits per heavy atom. The number of benzene rings is 1. The van der Waals surface area contributed by atoms with Crippen LogP contribution >= 0.6 is 0 Å². The first kappa shape index (κ1) is 23.0. The molecule has 0 unspecified atom stereocenters. The molecule has 10 nitrogen and oxygen atoms in total. The predicted molar refractivity (Wildman–Crippen MR) is 135 cm³/mol. The van der Waals surface area contributed by atoms with E-state index in [4.69, 9.17) is 4.74 Å². The molecule has 2 amide bonds. The summed E-state index contributed by atoms with van der Waals surface area (Å²) in [4.78, 5) is 51.1. The van der Waals surface area contributed by atoms with E-state index in [-0.39, 0.29) is 11.5 Å². The van der Waals surface area contributed by atoms with Crippen LogP contribution in [-0.4, -0.2) is 79.4 Å². The number of aryl methyl sites for hydroxylation is 1. The van der Waals surface area contributed by atoms with Crippen molar-refractivity contribution in [3.05, 3.63) is 71.8 Å². The van der Waals surface area contributed by atoms with E-state index in [9.17, 15) is 14.4 Å². The van der Waals surface area contributed by atoms with Crippen LogP contribution in [0.4, 0.5) is 0 Å². The normalized spacial score (nSPS) is 16.3. The van der Waals surface area contributed by atoms with E-state index < -0.39 is 17.2 Å². The van der Waals surface area contributed by atoms with Crippen molar-refractivity contribution in [1.29, 1.82) is 0 Å². The largest absolute Gasteiger partial charge is 0.494 e. The number of nitrogens with one attached hydrogen (secondary N) is 1. The number of carbonyl (C=O) groups excluding carboxylic acids is 3. The van der Waals surface area contributed by atoms with Crippen LogP contribution in [0.2, 0.25) is 0 Å². The second kappa shape index (κ2) is 8.58. The quantitative estimate of drug-likeness (QED) is 0.334. The number of pyridine rings is 1. The molecule has 1 aliphatic carbocycles. The Bertz CT molecular complexity index is 1540. The molecule has 4 aromatic rings. The van der Waals surface area contributed by atoms with Gasteiger partial charge in [0, 0.05) is 37.6 Å². The maximum absolute atomic E-state index is 13.5. The predicted octanol–water partition coefficient (Wildman–Crippen LogP) is 2.77. The van der Waals surface area contributed by atoms with Gasteiger partial charge < -0.3 is 19.5 Å². The van der Waals surface area contributed by atoms with Gasteiger partial charge in [0.2, 0.25) is 0 Å². The number of aromatic nitrogens is 4. The number of nitrogens with zero attached hydrogens (tertiary/aromatic N) is 5. The summed E-state index contributed by atoms with van der Waals surface area (Å²) >= 11 is 0. The summed E-state index contributed by atoms with van der Waals surface area (Å²) < 4.78 is 7.10. The number of hydrogen-bond donors (Lipinski definition) is 1. The van der Waals surface area contributed by atoms with Crippen molar-refractivity contribution in [1.82, 2.24) is 29.5 Å². The monoisotopic (exact) mass is 498 g/mol. The lowest BCUT2D eigenvalue weighted by molar-refractivity contribution is -0.129. The van der Waals surface area contributed by atoms with Gasteiger partial charge >= 0.3 is 0 Å². The Balaban J connectivity index is 1.27. The molecule has 1 saturated carbocycles. The van der Waals surface area contributed by atoms with Gasteiger partial charge in [-0.25, -0.2) is 9.67 Å². The molecule has 188 valence electrons. The molecule has 3 aromatic heterocycles. The minimum Gasteiger partial charge on any atom is -0.494 e. The number of aromatic amines is 1. The molecule has 1 aliphatic heterocycles. The van der Waals surface area contributed by atoms with Gasteiger partial charge in [0.15, 0.2) is 5.82 Å². The Hall–Kier alpha value is -4.47. The number of methoxy groups -OCH3 is 1. The summed E-state index contributed by atoms with van der Waals surface area (Å²) in [5.74, 6) is -0.365. The lowest BCUT2D eigenvalue weighted by Crippen LogP contribution is -2.59. The first-order chi connectivity index (χ1) is 17.9. The van der Waals surface area contributed by atoms with Crippen LogP contribution in [0.5, 0.6) is 5.75 Å². The number of rotatable bonds is 5. The minimum atomic E-state index is -0.628. The number of ether oxygens (including phenoxy) is 1. The Kier molecular flexibility index (Phi) is 5.32. The van der Waals surface area contributed by atoms with Gasteiger partial charge in [0.05, 0.1) is 41.0 Å². The zero-order valence-electron chi connectivity index (χ0n) is 20.6. The summed E-state index contributed by atoms with van der Waals surface area (Å²) in [6.07, 6.45) is 6.45. The van der Waals surface area contributed by atoms with Crippen LogP contribution in [0.1, 0.15) is 39.3 Å². The molecule has 4 heterocycles. The molecule has 2 aliphatic rings. The first-order valence-electron chi connectivity index (χ1n) is 12.2. The summed E-state index contributed by atoms with van der Waals surface area (Å²) in [5.41, 5.74) is 1.82. The third-order valence-electron chi connectivity index (χ3n) is 7.28. The highest BCUT2D eigenvalue weighted by Gasteiger charge is 2.54. The van der Waals surface area contributed by atoms with Crippen LogP contribution in [0.25, 0.3) is 16.7 Å². The standard InChI is InChI=1S/C27H26N6O4/c1-17-8-11-33(30-17)24-22-21(20(37-2)15-29-24)19(14-28-22)23(34)26(36)31-12-13-32(27(16-31)9-10-27)25(35)18-6-4-3-5-7-18/h3-8,11,14-15,28H,9-10,12-13,16H2,1-2H3. The Morgan fingerprint density at radius 1 is 1.08 bits per heavy atom. The maximum Gasteiger partial charge on any atom is 0.295 e. The van der Waals surface area contributed by atoms with Crippen molar-refractivity contribution in [3.63, 3.8) is 0 Å². The molecule has 1 spiro atoms. The summed E-state index contributed by atoms with van der Waals surface area (Å²) in [7, 11) is 1.50. The molecule has 1 N–H and O–H groups in total. The third kappa shape index (κ3) is 3.76. The molecule has 2 fully saturated rings. The van der Waals surface area contributed by atoms with Crippen LogP contribution in [0, 0.1) is 6.92 Å². The van der Waals surface area contributed by atoms with Crippen LogP contribution < -0.4 is 4.74 Å². The minimum absolute atomic E-state index is 0.0354. The highest BCUT2D eigenvalue weighted by atomic mass is 16.5. The number of fused-ring (bicyclic) bond motifs is 1. The van der Waals surface area contributed by atoms with Gasteiger partial charge in [-0.2, -0.15) is 5.10 Å². The number of carbonyl (C=O) groups is 3. The number of Topliss-reactive ketones (excluding diaryl/α,β-unsaturated/α-hetero) is 1. The van der Waals surface area contributed by atoms with E-state index in [2.05, 4.69) is 15.1 Å².